The van der Waals surface area contributed by atoms with Crippen molar-refractivity contribution in [1.82, 2.24) is 15.2 Å². The number of nitrogens with two attached hydrogens (primary N) is 1. The normalized spacial score (nSPS) is 10.4. The number of anilines is 1. The highest BCUT2D eigenvalue weighted by atomic mass is 32.2. The van der Waals surface area contributed by atoms with E-state index >= 15 is 0 Å². The van der Waals surface area contributed by atoms with Crippen molar-refractivity contribution in [2.24, 2.45) is 0 Å². The van der Waals surface area contributed by atoms with Crippen molar-refractivity contribution in [2.75, 3.05) is 5.73 Å². The predicted octanol–water partition coefficient (Wildman–Crippen LogP) is 1.67. The average Bonchev–Trinajstić information content (AvgIpc) is 2.66. The van der Waals surface area contributed by atoms with Gasteiger partial charge in [-0.1, -0.05) is 11.3 Å². The first kappa shape index (κ1) is 11.8. The minimum atomic E-state index is -1.06. The summed E-state index contributed by atoms with van der Waals surface area (Å²) in [6, 6.07) is 1.38. The van der Waals surface area contributed by atoms with Crippen LogP contribution in [0.2, 0.25) is 0 Å². The molecule has 0 spiro atoms. The van der Waals surface area contributed by atoms with Gasteiger partial charge in [0, 0.05) is 0 Å². The van der Waals surface area contributed by atoms with Gasteiger partial charge >= 0.3 is 5.97 Å². The largest absolute Gasteiger partial charge is 0.478 e. The van der Waals surface area contributed by atoms with Crippen molar-refractivity contribution in [1.29, 1.82) is 0 Å². The van der Waals surface area contributed by atoms with Crippen LogP contribution in [0.25, 0.3) is 0 Å². The van der Waals surface area contributed by atoms with E-state index in [-0.39, 0.29) is 5.56 Å². The molecule has 0 atom stereocenters. The summed E-state index contributed by atoms with van der Waals surface area (Å²) < 4.78 is 0.655. The second-order valence-electron chi connectivity index (χ2n) is 3.12. The molecule has 0 radical (unpaired) electrons. The Kier molecular flexibility index (Phi) is 3.25. The highest BCUT2D eigenvalue weighted by Crippen LogP contribution is 2.31. The summed E-state index contributed by atoms with van der Waals surface area (Å²) in [6.07, 6.45) is 1.42. The predicted molar refractivity (Wildman–Crippen MR) is 64.4 cm³/mol. The van der Waals surface area contributed by atoms with E-state index in [1.165, 1.54) is 35.4 Å². The van der Waals surface area contributed by atoms with Crippen LogP contribution in [-0.2, 0) is 0 Å². The zero-order valence-corrected chi connectivity index (χ0v) is 10.4. The van der Waals surface area contributed by atoms with E-state index in [2.05, 4.69) is 15.2 Å². The van der Waals surface area contributed by atoms with Gasteiger partial charge in [0.15, 0.2) is 4.34 Å². The number of carboxylic acids is 1. The van der Waals surface area contributed by atoms with Gasteiger partial charge in [-0.15, -0.1) is 10.2 Å². The van der Waals surface area contributed by atoms with Gasteiger partial charge < -0.3 is 10.8 Å². The third-order valence-electron chi connectivity index (χ3n) is 1.79. The molecule has 6 nitrogen and oxygen atoms in total. The van der Waals surface area contributed by atoms with E-state index in [9.17, 15) is 4.79 Å². The summed E-state index contributed by atoms with van der Waals surface area (Å²) in [5.74, 6) is -1.06. The molecule has 0 saturated heterocycles. The van der Waals surface area contributed by atoms with Crippen molar-refractivity contribution < 1.29 is 9.90 Å². The summed E-state index contributed by atoms with van der Waals surface area (Å²) in [7, 11) is 0. The second kappa shape index (κ2) is 4.68. The minimum absolute atomic E-state index is 0.0721. The van der Waals surface area contributed by atoms with Crippen LogP contribution in [0.1, 0.15) is 15.4 Å². The maximum absolute atomic E-state index is 11.0. The van der Waals surface area contributed by atoms with Crippen molar-refractivity contribution in [3.8, 4) is 0 Å². The third kappa shape index (κ3) is 2.71. The lowest BCUT2D eigenvalue weighted by Gasteiger charge is -2.02. The van der Waals surface area contributed by atoms with E-state index in [0.29, 0.717) is 15.1 Å². The number of carbonyl (C=O) groups is 1. The number of nitrogen functional groups attached to an aromatic ring is 1. The van der Waals surface area contributed by atoms with Crippen molar-refractivity contribution in [3.63, 3.8) is 0 Å². The maximum Gasteiger partial charge on any atom is 0.338 e. The fourth-order valence-electron chi connectivity index (χ4n) is 1.11. The molecule has 3 N–H and O–H groups in total. The Bertz CT molecular complexity index is 570. The number of aromatic carboxylic acids is 1. The first-order chi connectivity index (χ1) is 8.06. The van der Waals surface area contributed by atoms with E-state index < -0.39 is 5.97 Å². The van der Waals surface area contributed by atoms with Crippen LogP contribution >= 0.6 is 23.1 Å². The molecule has 0 amide bonds. The first-order valence-corrected chi connectivity index (χ1v) is 6.16. The molecule has 88 valence electrons. The van der Waals surface area contributed by atoms with E-state index in [1.54, 1.807) is 0 Å². The smallest absolute Gasteiger partial charge is 0.338 e. The zero-order valence-electron chi connectivity index (χ0n) is 8.75. The summed E-state index contributed by atoms with van der Waals surface area (Å²) in [5, 5.41) is 18.0. The number of pyridine rings is 1. The Balaban J connectivity index is 2.35. The highest BCUT2D eigenvalue weighted by Gasteiger charge is 2.15. The summed E-state index contributed by atoms with van der Waals surface area (Å²) in [5.41, 5.74) is 5.89. The van der Waals surface area contributed by atoms with Crippen molar-refractivity contribution in [3.05, 3.63) is 22.8 Å². The minimum Gasteiger partial charge on any atom is -0.478 e. The zero-order chi connectivity index (χ0) is 12.4. The number of nitrogens with zero attached hydrogens (tertiary/aromatic N) is 3. The van der Waals surface area contributed by atoms with E-state index in [0.717, 1.165) is 5.01 Å². The van der Waals surface area contributed by atoms with Crippen LogP contribution in [-0.4, -0.2) is 26.3 Å². The maximum atomic E-state index is 11.0. The molecule has 0 unspecified atom stereocenters. The average molecular weight is 268 g/mol. The summed E-state index contributed by atoms with van der Waals surface area (Å²) in [4.78, 5) is 15.0. The highest BCUT2D eigenvalue weighted by molar-refractivity contribution is 8.01. The lowest BCUT2D eigenvalue weighted by atomic mass is 10.3. The Morgan fingerprint density at radius 3 is 2.88 bits per heavy atom. The van der Waals surface area contributed by atoms with Gasteiger partial charge in [0.2, 0.25) is 0 Å². The molecule has 0 aliphatic heterocycles. The van der Waals surface area contributed by atoms with Crippen LogP contribution < -0.4 is 5.73 Å². The molecular weight excluding hydrogens is 260 g/mol. The topological polar surface area (TPSA) is 102 Å². The van der Waals surface area contributed by atoms with Gasteiger partial charge in [-0.2, -0.15) is 0 Å². The molecule has 2 rings (SSSR count). The molecule has 17 heavy (non-hydrogen) atoms. The number of aryl methyl sites for hydroxylation is 1. The third-order valence-corrected chi connectivity index (χ3v) is 3.70. The molecule has 8 heteroatoms. The molecule has 0 aliphatic carbocycles. The van der Waals surface area contributed by atoms with Gasteiger partial charge in [0.05, 0.1) is 17.4 Å². The molecule has 0 fully saturated rings. The number of aromatic nitrogens is 3. The number of rotatable bonds is 3. The fraction of sp³-hybridized carbons (Fsp3) is 0.111. The Labute approximate surface area is 105 Å². The van der Waals surface area contributed by atoms with Gasteiger partial charge in [-0.3, -0.25) is 0 Å². The lowest BCUT2D eigenvalue weighted by Crippen LogP contribution is -2.02. The summed E-state index contributed by atoms with van der Waals surface area (Å²) in [6.45, 7) is 1.83. The quantitative estimate of drug-likeness (QED) is 0.872. The van der Waals surface area contributed by atoms with Crippen LogP contribution in [0.15, 0.2) is 21.6 Å². The first-order valence-electron chi connectivity index (χ1n) is 4.53. The van der Waals surface area contributed by atoms with Crippen molar-refractivity contribution in [2.45, 2.75) is 16.3 Å². The number of carboxylic acid groups (broad SMARTS) is 1. The van der Waals surface area contributed by atoms with Gasteiger partial charge in [-0.05, 0) is 24.8 Å². The van der Waals surface area contributed by atoms with Gasteiger partial charge in [0.1, 0.15) is 10.0 Å². The Morgan fingerprint density at radius 1 is 1.53 bits per heavy atom. The molecule has 2 aromatic heterocycles. The molecule has 2 heterocycles. The standard InChI is InChI=1S/C9H8N4O2S2/c1-4-12-13-9(16-4)17-7-6(8(14)15)2-5(10)3-11-7/h2-3H,10H2,1H3,(H,14,15). The second-order valence-corrected chi connectivity index (χ2v) is 5.53. The van der Waals surface area contributed by atoms with Crippen LogP contribution in [0, 0.1) is 6.92 Å². The van der Waals surface area contributed by atoms with Crippen LogP contribution in [0.5, 0.6) is 0 Å². The number of hydrogen-bond donors (Lipinski definition) is 2. The monoisotopic (exact) mass is 268 g/mol. The van der Waals surface area contributed by atoms with Crippen LogP contribution in [0.4, 0.5) is 5.69 Å². The molecule has 2 aromatic rings. The molecule has 0 aromatic carbocycles. The van der Waals surface area contributed by atoms with Crippen LogP contribution in [0.3, 0.4) is 0 Å². The number of hydrogen-bond acceptors (Lipinski definition) is 7. The SMILES string of the molecule is Cc1nnc(Sc2ncc(N)cc2C(=O)O)s1. The van der Waals surface area contributed by atoms with Gasteiger partial charge in [-0.25, -0.2) is 9.78 Å². The molecule has 0 aliphatic rings. The molecular formula is C9H8N4O2S2. The lowest BCUT2D eigenvalue weighted by molar-refractivity contribution is 0.0692. The Hall–Kier alpha value is -1.67. The van der Waals surface area contributed by atoms with Crippen molar-refractivity contribution >= 4 is 34.8 Å². The molecule has 0 bridgehead atoms. The fourth-order valence-corrected chi connectivity index (χ4v) is 2.90. The summed E-state index contributed by atoms with van der Waals surface area (Å²) >= 11 is 2.55. The molecule has 0 saturated carbocycles. The van der Waals surface area contributed by atoms with E-state index in [1.807, 2.05) is 6.92 Å². The van der Waals surface area contributed by atoms with E-state index in [4.69, 9.17) is 10.8 Å². The van der Waals surface area contributed by atoms with Gasteiger partial charge in [0.25, 0.3) is 0 Å². The Morgan fingerprint density at radius 2 is 2.29 bits per heavy atom.